The number of thioether (sulfide) groups is 1. The van der Waals surface area contributed by atoms with Crippen molar-refractivity contribution < 1.29 is 9.59 Å². The van der Waals surface area contributed by atoms with Gasteiger partial charge in [-0.25, -0.2) is 4.98 Å². The molecule has 9 heteroatoms. The van der Waals surface area contributed by atoms with Gasteiger partial charge < -0.3 is 10.2 Å². The van der Waals surface area contributed by atoms with E-state index in [4.69, 9.17) is 0 Å². The quantitative estimate of drug-likeness (QED) is 0.451. The molecule has 3 heterocycles. The Hall–Kier alpha value is -3.17. The lowest BCUT2D eigenvalue weighted by Crippen LogP contribution is -2.44. The second-order valence-electron chi connectivity index (χ2n) is 8.41. The number of fused-ring (bicyclic) bond motifs is 1. The molecule has 0 radical (unpaired) electrons. The second kappa shape index (κ2) is 9.23. The Morgan fingerprint density at radius 2 is 1.94 bits per heavy atom. The Morgan fingerprint density at radius 1 is 1.12 bits per heavy atom. The number of aromatic nitrogens is 3. The number of benzene rings is 2. The Balaban J connectivity index is 1.34. The van der Waals surface area contributed by atoms with E-state index in [1.807, 2.05) is 68.3 Å². The van der Waals surface area contributed by atoms with Crippen LogP contribution in [-0.4, -0.2) is 55.7 Å². The van der Waals surface area contributed by atoms with Gasteiger partial charge in [0, 0.05) is 24.7 Å². The van der Waals surface area contributed by atoms with Crippen molar-refractivity contribution in [3.8, 4) is 10.4 Å². The fraction of sp³-hybridized carbons (Fsp3) is 0.280. The lowest BCUT2D eigenvalue weighted by atomic mass is 10.1. The van der Waals surface area contributed by atoms with Gasteiger partial charge in [-0.1, -0.05) is 48.0 Å². The standard InChI is InChI=1S/C25H25N5O2S2/c1-15-7-6-8-17(11-15)23-22(27-16(2)34-23)25(32)30-14-33-13-18(30)12-26-24(31)21-19-9-4-5-10-20(19)29(3)28-21/h4-11,18H,12-14H2,1-3H3,(H,26,31)/t18-/m1/s1. The third-order valence-corrected chi connectivity index (χ3v) is 8.03. The molecular weight excluding hydrogens is 466 g/mol. The van der Waals surface area contributed by atoms with Gasteiger partial charge in [-0.2, -0.15) is 5.10 Å². The maximum Gasteiger partial charge on any atom is 0.275 e. The number of carbonyl (C=O) groups excluding carboxylic acids is 2. The van der Waals surface area contributed by atoms with Crippen LogP contribution in [0, 0.1) is 13.8 Å². The van der Waals surface area contributed by atoms with E-state index in [-0.39, 0.29) is 17.9 Å². The fourth-order valence-corrected chi connectivity index (χ4v) is 6.35. The third-order valence-electron chi connectivity index (χ3n) is 5.93. The summed E-state index contributed by atoms with van der Waals surface area (Å²) in [7, 11) is 1.83. The van der Waals surface area contributed by atoms with Gasteiger partial charge in [0.25, 0.3) is 11.8 Å². The lowest BCUT2D eigenvalue weighted by Gasteiger charge is -2.23. The molecule has 0 aliphatic carbocycles. The topological polar surface area (TPSA) is 80.1 Å². The molecule has 1 fully saturated rings. The van der Waals surface area contributed by atoms with Crippen LogP contribution in [0.25, 0.3) is 21.3 Å². The third kappa shape index (κ3) is 4.21. The summed E-state index contributed by atoms with van der Waals surface area (Å²) >= 11 is 3.23. The van der Waals surface area contributed by atoms with Gasteiger partial charge in [-0.3, -0.25) is 14.3 Å². The maximum atomic E-state index is 13.6. The SMILES string of the molecule is Cc1cccc(-c2sc(C)nc2C(=O)N2CSC[C@H]2CNC(=O)c2nn(C)c3ccccc23)c1. The molecule has 1 atom stereocenters. The van der Waals surface area contributed by atoms with Gasteiger partial charge >= 0.3 is 0 Å². The zero-order valence-corrected chi connectivity index (χ0v) is 20.9. The summed E-state index contributed by atoms with van der Waals surface area (Å²) in [6.07, 6.45) is 0. The number of nitrogens with one attached hydrogen (secondary N) is 1. The van der Waals surface area contributed by atoms with E-state index in [0.29, 0.717) is 23.8 Å². The number of para-hydroxylation sites is 1. The van der Waals surface area contributed by atoms with Crippen molar-refractivity contribution in [2.45, 2.75) is 19.9 Å². The molecule has 0 spiro atoms. The highest BCUT2D eigenvalue weighted by Gasteiger charge is 2.33. The number of carbonyl (C=O) groups is 2. The van der Waals surface area contributed by atoms with Gasteiger partial charge in [0.15, 0.2) is 5.69 Å². The second-order valence-corrected chi connectivity index (χ2v) is 10.6. The monoisotopic (exact) mass is 491 g/mol. The number of aryl methyl sites for hydroxylation is 3. The van der Waals surface area contributed by atoms with E-state index in [1.165, 1.54) is 11.3 Å². The number of nitrogens with zero attached hydrogens (tertiary/aromatic N) is 4. The molecule has 1 saturated heterocycles. The van der Waals surface area contributed by atoms with Crippen molar-refractivity contribution >= 4 is 45.8 Å². The molecule has 2 amide bonds. The van der Waals surface area contributed by atoms with Crippen molar-refractivity contribution in [3.63, 3.8) is 0 Å². The minimum atomic E-state index is -0.231. The Bertz CT molecular complexity index is 1390. The molecular formula is C25H25N5O2S2. The summed E-state index contributed by atoms with van der Waals surface area (Å²) in [6.45, 7) is 4.33. The minimum Gasteiger partial charge on any atom is -0.349 e. The minimum absolute atomic E-state index is 0.0895. The van der Waals surface area contributed by atoms with E-state index in [2.05, 4.69) is 21.5 Å². The van der Waals surface area contributed by atoms with Gasteiger partial charge in [-0.15, -0.1) is 23.1 Å². The molecule has 34 heavy (non-hydrogen) atoms. The summed E-state index contributed by atoms with van der Waals surface area (Å²) in [4.78, 5) is 33.8. The number of hydrogen-bond donors (Lipinski definition) is 1. The van der Waals surface area contributed by atoms with E-state index < -0.39 is 0 Å². The number of hydrogen-bond acceptors (Lipinski definition) is 6. The number of amides is 2. The first kappa shape index (κ1) is 22.6. The molecule has 4 aromatic rings. The van der Waals surface area contributed by atoms with Crippen LogP contribution >= 0.6 is 23.1 Å². The van der Waals surface area contributed by atoms with Gasteiger partial charge in [-0.05, 0) is 25.5 Å². The first-order chi connectivity index (χ1) is 16.4. The Kier molecular flexibility index (Phi) is 6.14. The first-order valence-corrected chi connectivity index (χ1v) is 13.0. The normalized spacial score (nSPS) is 15.7. The van der Waals surface area contributed by atoms with Crippen molar-refractivity contribution in [1.29, 1.82) is 0 Å². The zero-order valence-electron chi connectivity index (χ0n) is 19.2. The van der Waals surface area contributed by atoms with Gasteiger partial charge in [0.2, 0.25) is 0 Å². The molecule has 1 N–H and O–H groups in total. The fourth-order valence-electron chi connectivity index (χ4n) is 4.24. The van der Waals surface area contributed by atoms with E-state index >= 15 is 0 Å². The predicted octanol–water partition coefficient (Wildman–Crippen LogP) is 4.26. The van der Waals surface area contributed by atoms with Crippen molar-refractivity contribution in [2.75, 3.05) is 18.2 Å². The van der Waals surface area contributed by atoms with Crippen LogP contribution in [0.5, 0.6) is 0 Å². The van der Waals surface area contributed by atoms with Crippen LogP contribution in [0.1, 0.15) is 31.5 Å². The largest absolute Gasteiger partial charge is 0.349 e. The molecule has 1 aliphatic heterocycles. The average Bonchev–Trinajstić information content (AvgIpc) is 3.54. The zero-order chi connectivity index (χ0) is 23.8. The summed E-state index contributed by atoms with van der Waals surface area (Å²) in [6, 6.07) is 15.7. The Labute approximate surface area is 206 Å². The van der Waals surface area contributed by atoms with Gasteiger partial charge in [0.1, 0.15) is 5.69 Å². The molecule has 0 unspecified atom stereocenters. The van der Waals surface area contributed by atoms with Crippen molar-refractivity contribution in [2.24, 2.45) is 7.05 Å². The summed E-state index contributed by atoms with van der Waals surface area (Å²) < 4.78 is 1.71. The highest BCUT2D eigenvalue weighted by atomic mass is 32.2. The average molecular weight is 492 g/mol. The maximum absolute atomic E-state index is 13.6. The molecule has 7 nitrogen and oxygen atoms in total. The van der Waals surface area contributed by atoms with E-state index in [9.17, 15) is 9.59 Å². The van der Waals surface area contributed by atoms with Crippen LogP contribution in [0.15, 0.2) is 48.5 Å². The molecule has 174 valence electrons. The highest BCUT2D eigenvalue weighted by Crippen LogP contribution is 2.33. The van der Waals surface area contributed by atoms with Crippen LogP contribution < -0.4 is 5.32 Å². The number of rotatable bonds is 5. The van der Waals surface area contributed by atoms with Gasteiger partial charge in [0.05, 0.1) is 27.3 Å². The first-order valence-electron chi connectivity index (χ1n) is 11.1. The van der Waals surface area contributed by atoms with Crippen LogP contribution in [0.4, 0.5) is 0 Å². The summed E-state index contributed by atoms with van der Waals surface area (Å²) in [5.41, 5.74) is 3.94. The summed E-state index contributed by atoms with van der Waals surface area (Å²) in [5.74, 6) is 1.02. The van der Waals surface area contributed by atoms with Crippen LogP contribution in [-0.2, 0) is 7.05 Å². The van der Waals surface area contributed by atoms with Crippen molar-refractivity contribution in [1.82, 2.24) is 25.0 Å². The highest BCUT2D eigenvalue weighted by molar-refractivity contribution is 7.99. The van der Waals surface area contributed by atoms with Crippen molar-refractivity contribution in [3.05, 3.63) is 70.5 Å². The molecule has 5 rings (SSSR count). The molecule has 2 aromatic carbocycles. The molecule has 2 aromatic heterocycles. The van der Waals surface area contributed by atoms with Crippen LogP contribution in [0.2, 0.25) is 0 Å². The van der Waals surface area contributed by atoms with E-state index in [1.54, 1.807) is 16.4 Å². The summed E-state index contributed by atoms with van der Waals surface area (Å²) in [5, 5.41) is 9.08. The Morgan fingerprint density at radius 3 is 2.76 bits per heavy atom. The molecule has 0 bridgehead atoms. The molecule has 0 saturated carbocycles. The van der Waals surface area contributed by atoms with E-state index in [0.717, 1.165) is 37.7 Å². The lowest BCUT2D eigenvalue weighted by molar-refractivity contribution is 0.0731. The van der Waals surface area contributed by atoms with Crippen LogP contribution in [0.3, 0.4) is 0 Å². The molecule has 1 aliphatic rings. The smallest absolute Gasteiger partial charge is 0.275 e. The number of thiazole rings is 1. The predicted molar refractivity (Wildman–Crippen MR) is 137 cm³/mol.